The minimum Gasteiger partial charge on any atom is -0.475 e. The van der Waals surface area contributed by atoms with Gasteiger partial charge in [-0.1, -0.05) is 48.5 Å². The van der Waals surface area contributed by atoms with Gasteiger partial charge in [0.2, 0.25) is 0 Å². The van der Waals surface area contributed by atoms with Crippen LogP contribution in [-0.4, -0.2) is 23.2 Å². The molecule has 3 heteroatoms. The van der Waals surface area contributed by atoms with Gasteiger partial charge in [-0.25, -0.2) is 0 Å². The van der Waals surface area contributed by atoms with Gasteiger partial charge in [-0.15, -0.1) is 0 Å². The Bertz CT molecular complexity index is 786. The Balaban J connectivity index is 1.51. The molecule has 0 unspecified atom stereocenters. The third kappa shape index (κ3) is 2.55. The summed E-state index contributed by atoms with van der Waals surface area (Å²) in [5, 5.41) is 1.14. The maximum absolute atomic E-state index is 6.00. The van der Waals surface area contributed by atoms with E-state index in [4.69, 9.17) is 4.74 Å². The first-order valence-electron chi connectivity index (χ1n) is 7.66. The minimum atomic E-state index is 0.634. The lowest BCUT2D eigenvalue weighted by Crippen LogP contribution is -2.33. The zero-order valence-corrected chi connectivity index (χ0v) is 12.4. The van der Waals surface area contributed by atoms with E-state index >= 15 is 0 Å². The molecule has 3 nitrogen and oxygen atoms in total. The number of pyridine rings is 1. The molecule has 0 radical (unpaired) electrons. The highest BCUT2D eigenvalue weighted by atomic mass is 16.5. The molecule has 0 aliphatic carbocycles. The molecule has 22 heavy (non-hydrogen) atoms. The van der Waals surface area contributed by atoms with E-state index in [1.54, 1.807) is 0 Å². The molecular formula is C19H18N2O. The largest absolute Gasteiger partial charge is 0.475 e. The summed E-state index contributed by atoms with van der Waals surface area (Å²) in [6.45, 7) is 2.56. The van der Waals surface area contributed by atoms with Crippen molar-refractivity contribution in [1.29, 1.82) is 0 Å². The number of fused-ring (bicyclic) bond motifs is 3. The normalized spacial score (nSPS) is 14.5. The second-order valence-electron chi connectivity index (χ2n) is 5.69. The third-order valence-corrected chi connectivity index (χ3v) is 4.15. The van der Waals surface area contributed by atoms with E-state index in [1.165, 1.54) is 11.1 Å². The summed E-state index contributed by atoms with van der Waals surface area (Å²) in [5.41, 5.74) is 3.57. The van der Waals surface area contributed by atoms with Crippen LogP contribution in [0.4, 0.5) is 0 Å². The maximum atomic E-state index is 6.00. The first-order valence-corrected chi connectivity index (χ1v) is 7.66. The van der Waals surface area contributed by atoms with Crippen LogP contribution in [0, 0.1) is 0 Å². The van der Waals surface area contributed by atoms with Gasteiger partial charge in [0.25, 0.3) is 0 Å². The van der Waals surface area contributed by atoms with Crippen molar-refractivity contribution in [2.75, 3.05) is 13.3 Å². The number of rotatable bonds is 3. The highest BCUT2D eigenvalue weighted by Crippen LogP contribution is 2.32. The van der Waals surface area contributed by atoms with Crippen molar-refractivity contribution in [3.8, 4) is 5.75 Å². The van der Waals surface area contributed by atoms with Gasteiger partial charge in [0.1, 0.15) is 12.2 Å². The van der Waals surface area contributed by atoms with Gasteiger partial charge in [0.15, 0.2) is 5.75 Å². The first-order chi connectivity index (χ1) is 10.9. The van der Waals surface area contributed by atoms with Crippen LogP contribution in [0.3, 0.4) is 0 Å². The van der Waals surface area contributed by atoms with E-state index in [0.29, 0.717) is 6.73 Å². The fraction of sp³-hybridized carbons (Fsp3) is 0.211. The predicted molar refractivity (Wildman–Crippen MR) is 87.8 cm³/mol. The van der Waals surface area contributed by atoms with Gasteiger partial charge in [-0.05, 0) is 18.1 Å². The third-order valence-electron chi connectivity index (χ3n) is 4.15. The number of hydrogen-bond donors (Lipinski definition) is 0. The molecule has 0 bridgehead atoms. The molecule has 2 aromatic carbocycles. The average Bonchev–Trinajstić information content (AvgIpc) is 2.60. The van der Waals surface area contributed by atoms with Crippen LogP contribution in [-0.2, 0) is 13.0 Å². The van der Waals surface area contributed by atoms with E-state index in [0.717, 1.165) is 36.2 Å². The number of hydrogen-bond acceptors (Lipinski definition) is 3. The van der Waals surface area contributed by atoms with Crippen molar-refractivity contribution < 1.29 is 4.74 Å². The van der Waals surface area contributed by atoms with Crippen molar-refractivity contribution in [3.05, 3.63) is 71.9 Å². The molecular weight excluding hydrogens is 272 g/mol. The summed E-state index contributed by atoms with van der Waals surface area (Å²) >= 11 is 0. The second kappa shape index (κ2) is 5.78. The Labute approximate surface area is 130 Å². The Morgan fingerprint density at radius 1 is 1.00 bits per heavy atom. The summed E-state index contributed by atoms with van der Waals surface area (Å²) < 4.78 is 6.00. The SMILES string of the molecule is c1ccc(CCN2COc3c(ccc4cccnc34)C2)cc1. The average molecular weight is 290 g/mol. The number of aromatic nitrogens is 1. The lowest BCUT2D eigenvalue weighted by Gasteiger charge is -2.29. The maximum Gasteiger partial charge on any atom is 0.152 e. The van der Waals surface area contributed by atoms with Crippen molar-refractivity contribution >= 4 is 10.9 Å². The summed E-state index contributed by atoms with van der Waals surface area (Å²) in [7, 11) is 0. The molecule has 1 aliphatic heterocycles. The first kappa shape index (κ1) is 13.3. The van der Waals surface area contributed by atoms with Gasteiger partial charge in [0.05, 0.1) is 0 Å². The van der Waals surface area contributed by atoms with E-state index in [2.05, 4.69) is 58.4 Å². The van der Waals surface area contributed by atoms with Crippen molar-refractivity contribution in [2.45, 2.75) is 13.0 Å². The molecule has 0 N–H and O–H groups in total. The fourth-order valence-corrected chi connectivity index (χ4v) is 2.96. The molecule has 1 aromatic heterocycles. The molecule has 0 saturated carbocycles. The second-order valence-corrected chi connectivity index (χ2v) is 5.69. The van der Waals surface area contributed by atoms with Crippen LogP contribution in [0.15, 0.2) is 60.8 Å². The molecule has 4 rings (SSSR count). The molecule has 1 aliphatic rings. The summed E-state index contributed by atoms with van der Waals surface area (Å²) in [6, 6.07) is 18.9. The summed E-state index contributed by atoms with van der Waals surface area (Å²) in [5.74, 6) is 0.953. The monoisotopic (exact) mass is 290 g/mol. The van der Waals surface area contributed by atoms with E-state index in [9.17, 15) is 0 Å². The smallest absolute Gasteiger partial charge is 0.152 e. The van der Waals surface area contributed by atoms with Crippen molar-refractivity contribution in [1.82, 2.24) is 9.88 Å². The lowest BCUT2D eigenvalue weighted by molar-refractivity contribution is 0.0980. The molecule has 0 atom stereocenters. The zero-order chi connectivity index (χ0) is 14.8. The van der Waals surface area contributed by atoms with Gasteiger partial charge >= 0.3 is 0 Å². The van der Waals surface area contributed by atoms with Gasteiger partial charge in [-0.2, -0.15) is 0 Å². The minimum absolute atomic E-state index is 0.634. The van der Waals surface area contributed by atoms with E-state index < -0.39 is 0 Å². The predicted octanol–water partition coefficient (Wildman–Crippen LogP) is 3.63. The summed E-state index contributed by atoms with van der Waals surface area (Å²) in [4.78, 5) is 6.81. The Morgan fingerprint density at radius 3 is 2.82 bits per heavy atom. The Morgan fingerprint density at radius 2 is 1.91 bits per heavy atom. The van der Waals surface area contributed by atoms with Crippen molar-refractivity contribution in [3.63, 3.8) is 0 Å². The molecule has 2 heterocycles. The number of ether oxygens (including phenoxy) is 1. The lowest BCUT2D eigenvalue weighted by atomic mass is 10.1. The van der Waals surface area contributed by atoms with Crippen LogP contribution in [0.5, 0.6) is 5.75 Å². The van der Waals surface area contributed by atoms with Gasteiger partial charge in [-0.3, -0.25) is 9.88 Å². The quantitative estimate of drug-likeness (QED) is 0.736. The molecule has 0 saturated heterocycles. The van der Waals surface area contributed by atoms with Crippen molar-refractivity contribution in [2.24, 2.45) is 0 Å². The van der Waals surface area contributed by atoms with Crippen LogP contribution in [0.25, 0.3) is 10.9 Å². The molecule has 0 amide bonds. The van der Waals surface area contributed by atoms with Crippen LogP contribution in [0.1, 0.15) is 11.1 Å². The Hall–Kier alpha value is -2.39. The molecule has 3 aromatic rings. The van der Waals surface area contributed by atoms with Gasteiger partial charge in [0, 0.05) is 30.2 Å². The molecule has 0 fully saturated rings. The van der Waals surface area contributed by atoms with Crippen LogP contribution in [0.2, 0.25) is 0 Å². The van der Waals surface area contributed by atoms with E-state index in [-0.39, 0.29) is 0 Å². The summed E-state index contributed by atoms with van der Waals surface area (Å²) in [6.07, 6.45) is 2.87. The highest BCUT2D eigenvalue weighted by Gasteiger charge is 2.19. The Kier molecular flexibility index (Phi) is 3.49. The highest BCUT2D eigenvalue weighted by molar-refractivity contribution is 5.85. The fourth-order valence-electron chi connectivity index (χ4n) is 2.96. The van der Waals surface area contributed by atoms with Crippen LogP contribution < -0.4 is 4.74 Å². The van der Waals surface area contributed by atoms with E-state index in [1.807, 2.05) is 12.3 Å². The molecule has 0 spiro atoms. The number of nitrogens with zero attached hydrogens (tertiary/aromatic N) is 2. The standard InChI is InChI=1S/C19H18N2O/c1-2-5-15(6-3-1)10-12-21-13-17-9-8-16-7-4-11-20-18(16)19(17)22-14-21/h1-9,11H,10,12-14H2. The van der Waals surface area contributed by atoms with Gasteiger partial charge < -0.3 is 4.74 Å². The number of benzene rings is 2. The van der Waals surface area contributed by atoms with Crippen LogP contribution >= 0.6 is 0 Å². The molecule has 110 valence electrons. The topological polar surface area (TPSA) is 25.4 Å². The zero-order valence-electron chi connectivity index (χ0n) is 12.4.